The SMILES string of the molecule is CC(=O)Nc1ccc(CN(Cc2ccco2)[C@H](C)C(C)C)cc1. The summed E-state index contributed by atoms with van der Waals surface area (Å²) in [6.07, 6.45) is 1.72. The van der Waals surface area contributed by atoms with Crippen LogP contribution in [0.15, 0.2) is 47.1 Å². The van der Waals surface area contributed by atoms with Gasteiger partial charge in [0.1, 0.15) is 5.76 Å². The normalized spacial score (nSPS) is 12.6. The van der Waals surface area contributed by atoms with Gasteiger partial charge in [0.15, 0.2) is 0 Å². The summed E-state index contributed by atoms with van der Waals surface area (Å²) < 4.78 is 5.51. The number of carbonyl (C=O) groups is 1. The molecule has 0 aliphatic heterocycles. The van der Waals surface area contributed by atoms with Gasteiger partial charge >= 0.3 is 0 Å². The maximum atomic E-state index is 11.1. The van der Waals surface area contributed by atoms with Crippen molar-refractivity contribution in [3.63, 3.8) is 0 Å². The van der Waals surface area contributed by atoms with Gasteiger partial charge in [0.25, 0.3) is 0 Å². The van der Waals surface area contributed by atoms with E-state index in [9.17, 15) is 4.79 Å². The monoisotopic (exact) mass is 314 g/mol. The Bertz CT molecular complexity index is 603. The molecule has 0 spiro atoms. The molecular formula is C19H26N2O2. The van der Waals surface area contributed by atoms with Crippen LogP contribution in [-0.4, -0.2) is 16.8 Å². The van der Waals surface area contributed by atoms with Crippen LogP contribution in [-0.2, 0) is 17.9 Å². The number of amides is 1. The van der Waals surface area contributed by atoms with E-state index >= 15 is 0 Å². The average molecular weight is 314 g/mol. The molecule has 2 rings (SSSR count). The van der Waals surface area contributed by atoms with Gasteiger partial charge < -0.3 is 9.73 Å². The first-order valence-electron chi connectivity index (χ1n) is 8.08. The molecule has 1 N–H and O–H groups in total. The third-order valence-electron chi connectivity index (χ3n) is 4.14. The van der Waals surface area contributed by atoms with Crippen LogP contribution in [0.25, 0.3) is 0 Å². The molecule has 1 atom stereocenters. The number of furan rings is 1. The maximum absolute atomic E-state index is 11.1. The maximum Gasteiger partial charge on any atom is 0.221 e. The summed E-state index contributed by atoms with van der Waals surface area (Å²) in [4.78, 5) is 13.5. The smallest absolute Gasteiger partial charge is 0.221 e. The Balaban J connectivity index is 2.08. The molecule has 0 saturated heterocycles. The fraction of sp³-hybridized carbons (Fsp3) is 0.421. The zero-order chi connectivity index (χ0) is 16.8. The van der Waals surface area contributed by atoms with Crippen LogP contribution in [0.5, 0.6) is 0 Å². The summed E-state index contributed by atoms with van der Waals surface area (Å²) in [7, 11) is 0. The van der Waals surface area contributed by atoms with Crippen LogP contribution in [0.4, 0.5) is 5.69 Å². The van der Waals surface area contributed by atoms with E-state index in [1.54, 1.807) is 6.26 Å². The van der Waals surface area contributed by atoms with Crippen molar-refractivity contribution in [3.8, 4) is 0 Å². The lowest BCUT2D eigenvalue weighted by molar-refractivity contribution is -0.114. The topological polar surface area (TPSA) is 45.5 Å². The van der Waals surface area contributed by atoms with Crippen LogP contribution in [0.2, 0.25) is 0 Å². The van der Waals surface area contributed by atoms with E-state index < -0.39 is 0 Å². The molecular weight excluding hydrogens is 288 g/mol. The molecule has 0 aliphatic carbocycles. The molecule has 0 radical (unpaired) electrons. The second kappa shape index (κ2) is 7.97. The van der Waals surface area contributed by atoms with Crippen molar-refractivity contribution in [1.29, 1.82) is 0 Å². The summed E-state index contributed by atoms with van der Waals surface area (Å²) >= 11 is 0. The number of nitrogens with zero attached hydrogens (tertiary/aromatic N) is 1. The van der Waals surface area contributed by atoms with Crippen LogP contribution >= 0.6 is 0 Å². The van der Waals surface area contributed by atoms with Gasteiger partial charge in [0.05, 0.1) is 12.8 Å². The molecule has 0 bridgehead atoms. The van der Waals surface area contributed by atoms with Gasteiger partial charge in [-0.05, 0) is 42.7 Å². The Morgan fingerprint density at radius 1 is 1.13 bits per heavy atom. The van der Waals surface area contributed by atoms with Gasteiger partial charge in [0, 0.05) is 25.2 Å². The molecule has 0 fully saturated rings. The first-order chi connectivity index (χ1) is 11.0. The van der Waals surface area contributed by atoms with Gasteiger partial charge in [-0.3, -0.25) is 9.69 Å². The zero-order valence-electron chi connectivity index (χ0n) is 14.4. The van der Waals surface area contributed by atoms with E-state index in [1.165, 1.54) is 12.5 Å². The molecule has 1 amide bonds. The molecule has 1 heterocycles. The Morgan fingerprint density at radius 3 is 2.35 bits per heavy atom. The summed E-state index contributed by atoms with van der Waals surface area (Å²) in [5.41, 5.74) is 2.05. The molecule has 124 valence electrons. The second-order valence-electron chi connectivity index (χ2n) is 6.35. The minimum absolute atomic E-state index is 0.0503. The standard InChI is InChI=1S/C19H26N2O2/c1-14(2)15(3)21(13-19-6-5-11-23-19)12-17-7-9-18(10-8-17)20-16(4)22/h5-11,14-15H,12-13H2,1-4H3,(H,20,22)/t15-/m1/s1. The molecule has 0 aliphatic rings. The summed E-state index contributed by atoms with van der Waals surface area (Å²) in [6, 6.07) is 12.4. The third-order valence-corrected chi connectivity index (χ3v) is 4.14. The highest BCUT2D eigenvalue weighted by atomic mass is 16.3. The van der Waals surface area contributed by atoms with Crippen molar-refractivity contribution in [2.45, 2.75) is 46.8 Å². The van der Waals surface area contributed by atoms with E-state index in [-0.39, 0.29) is 5.91 Å². The fourth-order valence-electron chi connectivity index (χ4n) is 2.50. The first kappa shape index (κ1) is 17.3. The van der Waals surface area contributed by atoms with Crippen molar-refractivity contribution >= 4 is 11.6 Å². The Labute approximate surface area is 138 Å². The number of nitrogens with one attached hydrogen (secondary N) is 1. The number of anilines is 1. The van der Waals surface area contributed by atoms with Crippen LogP contribution < -0.4 is 5.32 Å². The van der Waals surface area contributed by atoms with Crippen molar-refractivity contribution in [1.82, 2.24) is 4.90 Å². The molecule has 4 nitrogen and oxygen atoms in total. The highest BCUT2D eigenvalue weighted by molar-refractivity contribution is 5.88. The predicted molar refractivity (Wildman–Crippen MR) is 93.0 cm³/mol. The number of benzene rings is 1. The Kier molecular flexibility index (Phi) is 5.99. The molecule has 1 aromatic heterocycles. The van der Waals surface area contributed by atoms with Crippen LogP contribution in [0.3, 0.4) is 0 Å². The van der Waals surface area contributed by atoms with E-state index in [2.05, 4.69) is 43.1 Å². The lowest BCUT2D eigenvalue weighted by atomic mass is 10.0. The molecule has 4 heteroatoms. The lowest BCUT2D eigenvalue weighted by Gasteiger charge is -2.31. The fourth-order valence-corrected chi connectivity index (χ4v) is 2.50. The van der Waals surface area contributed by atoms with E-state index in [4.69, 9.17) is 4.42 Å². The molecule has 23 heavy (non-hydrogen) atoms. The minimum Gasteiger partial charge on any atom is -0.468 e. The highest BCUT2D eigenvalue weighted by Gasteiger charge is 2.18. The van der Waals surface area contributed by atoms with Gasteiger partial charge in [-0.2, -0.15) is 0 Å². The van der Waals surface area contributed by atoms with E-state index in [0.717, 1.165) is 24.5 Å². The van der Waals surface area contributed by atoms with Crippen molar-refractivity contribution < 1.29 is 9.21 Å². The van der Waals surface area contributed by atoms with E-state index in [0.29, 0.717) is 12.0 Å². The Hall–Kier alpha value is -2.07. The summed E-state index contributed by atoms with van der Waals surface area (Å²) in [6.45, 7) is 9.88. The largest absolute Gasteiger partial charge is 0.468 e. The molecule has 2 aromatic rings. The second-order valence-corrected chi connectivity index (χ2v) is 6.35. The van der Waals surface area contributed by atoms with Crippen molar-refractivity contribution in [2.75, 3.05) is 5.32 Å². The first-order valence-corrected chi connectivity index (χ1v) is 8.08. The van der Waals surface area contributed by atoms with E-state index in [1.807, 2.05) is 24.3 Å². The third kappa shape index (κ3) is 5.25. The van der Waals surface area contributed by atoms with Gasteiger partial charge in [-0.1, -0.05) is 26.0 Å². The number of hydrogen-bond acceptors (Lipinski definition) is 3. The Morgan fingerprint density at radius 2 is 1.83 bits per heavy atom. The highest BCUT2D eigenvalue weighted by Crippen LogP contribution is 2.19. The lowest BCUT2D eigenvalue weighted by Crippen LogP contribution is -2.35. The molecule has 0 unspecified atom stereocenters. The molecule has 1 aromatic carbocycles. The quantitative estimate of drug-likeness (QED) is 0.829. The van der Waals surface area contributed by atoms with Crippen LogP contribution in [0.1, 0.15) is 39.0 Å². The summed E-state index contributed by atoms with van der Waals surface area (Å²) in [5, 5.41) is 2.80. The summed E-state index contributed by atoms with van der Waals surface area (Å²) in [5.74, 6) is 1.49. The number of hydrogen-bond donors (Lipinski definition) is 1. The molecule has 0 saturated carbocycles. The zero-order valence-corrected chi connectivity index (χ0v) is 14.4. The van der Waals surface area contributed by atoms with Crippen molar-refractivity contribution in [2.24, 2.45) is 5.92 Å². The number of carbonyl (C=O) groups excluding carboxylic acids is 1. The minimum atomic E-state index is -0.0503. The van der Waals surface area contributed by atoms with Gasteiger partial charge in [0.2, 0.25) is 5.91 Å². The van der Waals surface area contributed by atoms with Gasteiger partial charge in [-0.15, -0.1) is 0 Å². The van der Waals surface area contributed by atoms with Gasteiger partial charge in [-0.25, -0.2) is 0 Å². The number of rotatable bonds is 7. The average Bonchev–Trinajstić information content (AvgIpc) is 3.00. The van der Waals surface area contributed by atoms with Crippen LogP contribution in [0, 0.1) is 5.92 Å². The predicted octanol–water partition coefficient (Wildman–Crippen LogP) is 4.28. The van der Waals surface area contributed by atoms with Crippen molar-refractivity contribution in [3.05, 3.63) is 54.0 Å².